The van der Waals surface area contributed by atoms with Crippen LogP contribution in [-0.2, 0) is 0 Å². The zero-order valence-electron chi connectivity index (χ0n) is 10.2. The topological polar surface area (TPSA) is 42.2 Å². The van der Waals surface area contributed by atoms with Crippen LogP contribution in [0.15, 0.2) is 48.5 Å². The van der Waals surface area contributed by atoms with Crippen LogP contribution < -0.4 is 9.47 Å². The van der Waals surface area contributed by atoms with Crippen LogP contribution >= 0.6 is 0 Å². The number of para-hydroxylation sites is 1. The molecule has 0 radical (unpaired) electrons. The molecule has 0 aliphatic carbocycles. The molecule has 2 rings (SSSR count). The van der Waals surface area contributed by atoms with Gasteiger partial charge in [0.2, 0.25) is 0 Å². The molecule has 0 N–H and O–H groups in total. The van der Waals surface area contributed by atoms with E-state index in [9.17, 15) is 4.39 Å². The fourth-order valence-electron chi connectivity index (χ4n) is 1.50. The highest BCUT2D eigenvalue weighted by Gasteiger charge is 2.01. The van der Waals surface area contributed by atoms with Crippen LogP contribution in [0.2, 0.25) is 0 Å². The van der Waals surface area contributed by atoms with Crippen molar-refractivity contribution in [3.05, 3.63) is 59.9 Å². The smallest absolute Gasteiger partial charge is 0.165 e. The molecular formula is C15H12FNO2. The molecule has 0 saturated heterocycles. The van der Waals surface area contributed by atoms with E-state index in [1.807, 2.05) is 6.07 Å². The summed E-state index contributed by atoms with van der Waals surface area (Å²) in [5.41, 5.74) is 0.579. The van der Waals surface area contributed by atoms with Gasteiger partial charge in [-0.3, -0.25) is 0 Å². The van der Waals surface area contributed by atoms with E-state index in [2.05, 4.69) is 0 Å². The van der Waals surface area contributed by atoms with Crippen molar-refractivity contribution in [3.63, 3.8) is 0 Å². The molecule has 2 aromatic rings. The molecule has 2 aromatic carbocycles. The van der Waals surface area contributed by atoms with Gasteiger partial charge in [-0.15, -0.1) is 0 Å². The SMILES string of the molecule is N#Cc1ccc(OCCOc2ccccc2F)cc1. The number of hydrogen-bond donors (Lipinski definition) is 0. The maximum Gasteiger partial charge on any atom is 0.165 e. The second-order valence-corrected chi connectivity index (χ2v) is 3.76. The number of rotatable bonds is 5. The molecule has 0 amide bonds. The van der Waals surface area contributed by atoms with Crippen LogP contribution in [0.5, 0.6) is 11.5 Å². The third-order valence-corrected chi connectivity index (χ3v) is 2.43. The lowest BCUT2D eigenvalue weighted by atomic mass is 10.2. The normalized spacial score (nSPS) is 9.68. The third-order valence-electron chi connectivity index (χ3n) is 2.43. The van der Waals surface area contributed by atoms with Gasteiger partial charge < -0.3 is 9.47 Å². The highest BCUT2D eigenvalue weighted by atomic mass is 19.1. The molecule has 0 aliphatic heterocycles. The number of benzene rings is 2. The van der Waals surface area contributed by atoms with Gasteiger partial charge in [0.15, 0.2) is 11.6 Å². The molecular weight excluding hydrogens is 245 g/mol. The molecule has 0 fully saturated rings. The van der Waals surface area contributed by atoms with Gasteiger partial charge in [0.05, 0.1) is 11.6 Å². The second-order valence-electron chi connectivity index (χ2n) is 3.76. The van der Waals surface area contributed by atoms with Crippen molar-refractivity contribution in [1.82, 2.24) is 0 Å². The molecule has 0 heterocycles. The maximum atomic E-state index is 13.2. The number of hydrogen-bond acceptors (Lipinski definition) is 3. The van der Waals surface area contributed by atoms with Crippen molar-refractivity contribution in [1.29, 1.82) is 5.26 Å². The van der Waals surface area contributed by atoms with Gasteiger partial charge in [0.25, 0.3) is 0 Å². The summed E-state index contributed by atoms with van der Waals surface area (Å²) in [5, 5.41) is 8.65. The van der Waals surface area contributed by atoms with Crippen LogP contribution in [0, 0.1) is 17.1 Å². The largest absolute Gasteiger partial charge is 0.490 e. The summed E-state index contributed by atoms with van der Waals surface area (Å²) in [6, 6.07) is 15.0. The van der Waals surface area contributed by atoms with Crippen LogP contribution in [0.3, 0.4) is 0 Å². The molecule has 0 saturated carbocycles. The highest BCUT2D eigenvalue weighted by Crippen LogP contribution is 2.15. The van der Waals surface area contributed by atoms with Crippen molar-refractivity contribution in [2.24, 2.45) is 0 Å². The Morgan fingerprint density at radius 3 is 2.32 bits per heavy atom. The molecule has 0 spiro atoms. The fraction of sp³-hybridized carbons (Fsp3) is 0.133. The van der Waals surface area contributed by atoms with E-state index in [4.69, 9.17) is 14.7 Å². The summed E-state index contributed by atoms with van der Waals surface area (Å²) in [6.07, 6.45) is 0. The minimum atomic E-state index is -0.388. The van der Waals surface area contributed by atoms with Gasteiger partial charge in [-0.2, -0.15) is 5.26 Å². The van der Waals surface area contributed by atoms with E-state index >= 15 is 0 Å². The number of nitrogens with zero attached hydrogens (tertiary/aromatic N) is 1. The number of halogens is 1. The van der Waals surface area contributed by atoms with Crippen LogP contribution in [0.4, 0.5) is 4.39 Å². The summed E-state index contributed by atoms with van der Waals surface area (Å²) in [7, 11) is 0. The average Bonchev–Trinajstić information content (AvgIpc) is 2.46. The van der Waals surface area contributed by atoms with Crippen LogP contribution in [-0.4, -0.2) is 13.2 Å². The van der Waals surface area contributed by atoms with Gasteiger partial charge in [-0.25, -0.2) is 4.39 Å². The lowest BCUT2D eigenvalue weighted by Gasteiger charge is -2.08. The summed E-state index contributed by atoms with van der Waals surface area (Å²) >= 11 is 0. The lowest BCUT2D eigenvalue weighted by molar-refractivity contribution is 0.211. The first kappa shape index (κ1) is 12.9. The van der Waals surface area contributed by atoms with Crippen molar-refractivity contribution in [2.45, 2.75) is 0 Å². The number of nitriles is 1. The van der Waals surface area contributed by atoms with E-state index in [1.54, 1.807) is 42.5 Å². The molecule has 0 bridgehead atoms. The minimum absolute atomic E-state index is 0.214. The Morgan fingerprint density at radius 1 is 0.947 bits per heavy atom. The van der Waals surface area contributed by atoms with Gasteiger partial charge in [-0.05, 0) is 36.4 Å². The quantitative estimate of drug-likeness (QED) is 0.773. The summed E-state index contributed by atoms with van der Waals surface area (Å²) < 4.78 is 23.9. The molecule has 3 nitrogen and oxygen atoms in total. The Bertz CT molecular complexity index is 575. The number of ether oxygens (including phenoxy) is 2. The Labute approximate surface area is 110 Å². The van der Waals surface area contributed by atoms with E-state index in [1.165, 1.54) is 6.07 Å². The van der Waals surface area contributed by atoms with Gasteiger partial charge in [0, 0.05) is 0 Å². The van der Waals surface area contributed by atoms with Gasteiger partial charge in [-0.1, -0.05) is 12.1 Å². The monoisotopic (exact) mass is 257 g/mol. The van der Waals surface area contributed by atoms with Crippen LogP contribution in [0.25, 0.3) is 0 Å². The van der Waals surface area contributed by atoms with E-state index in [0.29, 0.717) is 17.9 Å². The molecule has 0 unspecified atom stereocenters. The van der Waals surface area contributed by atoms with E-state index in [-0.39, 0.29) is 18.2 Å². The third kappa shape index (κ3) is 3.71. The summed E-state index contributed by atoms with van der Waals surface area (Å²) in [4.78, 5) is 0. The van der Waals surface area contributed by atoms with Crippen molar-refractivity contribution >= 4 is 0 Å². The van der Waals surface area contributed by atoms with E-state index in [0.717, 1.165) is 0 Å². The Morgan fingerprint density at radius 2 is 1.63 bits per heavy atom. The van der Waals surface area contributed by atoms with E-state index < -0.39 is 0 Å². The highest BCUT2D eigenvalue weighted by molar-refractivity contribution is 5.34. The second kappa shape index (κ2) is 6.41. The average molecular weight is 257 g/mol. The molecule has 96 valence electrons. The summed E-state index contributed by atoms with van der Waals surface area (Å²) in [6.45, 7) is 0.557. The molecule has 0 aliphatic rings. The lowest BCUT2D eigenvalue weighted by Crippen LogP contribution is -2.09. The van der Waals surface area contributed by atoms with Crippen molar-refractivity contribution in [3.8, 4) is 17.6 Å². The summed E-state index contributed by atoms with van der Waals surface area (Å²) in [5.74, 6) is 0.475. The van der Waals surface area contributed by atoms with Gasteiger partial charge in [0.1, 0.15) is 19.0 Å². The predicted molar refractivity (Wildman–Crippen MR) is 68.5 cm³/mol. The molecule has 0 aromatic heterocycles. The Balaban J connectivity index is 1.78. The van der Waals surface area contributed by atoms with Gasteiger partial charge >= 0.3 is 0 Å². The van der Waals surface area contributed by atoms with Crippen molar-refractivity contribution < 1.29 is 13.9 Å². The first-order valence-corrected chi connectivity index (χ1v) is 5.80. The zero-order chi connectivity index (χ0) is 13.5. The molecule has 4 heteroatoms. The fourth-order valence-corrected chi connectivity index (χ4v) is 1.50. The van der Waals surface area contributed by atoms with Crippen molar-refractivity contribution in [2.75, 3.05) is 13.2 Å². The molecule has 0 atom stereocenters. The zero-order valence-corrected chi connectivity index (χ0v) is 10.2. The first-order chi connectivity index (χ1) is 9.29. The maximum absolute atomic E-state index is 13.2. The minimum Gasteiger partial charge on any atom is -0.490 e. The van der Waals surface area contributed by atoms with Crippen LogP contribution in [0.1, 0.15) is 5.56 Å². The Hall–Kier alpha value is -2.54. The first-order valence-electron chi connectivity index (χ1n) is 5.80. The standard InChI is InChI=1S/C15H12FNO2/c16-14-3-1-2-4-15(14)19-10-9-18-13-7-5-12(11-17)6-8-13/h1-8H,9-10H2. The Kier molecular flexibility index (Phi) is 4.35. The predicted octanol–water partition coefficient (Wildman–Crippen LogP) is 3.16. The molecule has 19 heavy (non-hydrogen) atoms.